The molecule has 0 radical (unpaired) electrons. The first-order chi connectivity index (χ1) is 47.2. The molecule has 0 aromatic rings. The van der Waals surface area contributed by atoms with Gasteiger partial charge in [-0.25, -0.2) is 9.13 Å². The van der Waals surface area contributed by atoms with Gasteiger partial charge in [0.25, 0.3) is 0 Å². The summed E-state index contributed by atoms with van der Waals surface area (Å²) in [4.78, 5) is 72.9. The van der Waals surface area contributed by atoms with Crippen LogP contribution < -0.4 is 0 Å². The zero-order chi connectivity index (χ0) is 72.3. The fraction of sp³-hybridized carbons (Fsp3) is 0.899. The monoisotopic (exact) mass is 1430 g/mol. The smallest absolute Gasteiger partial charge is 0.462 e. The van der Waals surface area contributed by atoms with E-state index in [4.69, 9.17) is 37.0 Å². The molecule has 0 saturated carbocycles. The minimum absolute atomic E-state index is 0.101. The predicted octanol–water partition coefficient (Wildman–Crippen LogP) is 22.9. The average molecular weight is 1430 g/mol. The highest BCUT2D eigenvalue weighted by Gasteiger charge is 2.30. The van der Waals surface area contributed by atoms with Gasteiger partial charge in [0.1, 0.15) is 19.3 Å². The number of allylic oxidation sites excluding steroid dienone is 4. The van der Waals surface area contributed by atoms with Crippen LogP contribution in [0.4, 0.5) is 0 Å². The molecular formula is C79H150O17P2. The van der Waals surface area contributed by atoms with E-state index in [0.29, 0.717) is 31.6 Å². The quantitative estimate of drug-likeness (QED) is 0.0169. The molecule has 0 fully saturated rings. The number of hydrogen-bond donors (Lipinski definition) is 3. The third-order valence-corrected chi connectivity index (χ3v) is 19.7. The van der Waals surface area contributed by atoms with E-state index in [2.05, 4.69) is 72.8 Å². The van der Waals surface area contributed by atoms with E-state index in [1.165, 1.54) is 167 Å². The van der Waals surface area contributed by atoms with Crippen molar-refractivity contribution in [3.05, 3.63) is 24.3 Å². The van der Waals surface area contributed by atoms with Gasteiger partial charge in [-0.1, -0.05) is 330 Å². The summed E-state index contributed by atoms with van der Waals surface area (Å²) in [5, 5.41) is 10.6. The van der Waals surface area contributed by atoms with E-state index in [1.54, 1.807) is 0 Å². The first kappa shape index (κ1) is 95.5. The maximum Gasteiger partial charge on any atom is 0.472 e. The molecule has 3 unspecified atom stereocenters. The lowest BCUT2D eigenvalue weighted by Gasteiger charge is -2.21. The van der Waals surface area contributed by atoms with Crippen molar-refractivity contribution in [3.8, 4) is 0 Å². The fourth-order valence-corrected chi connectivity index (χ4v) is 13.2. The molecule has 578 valence electrons. The van der Waals surface area contributed by atoms with Crippen molar-refractivity contribution in [1.82, 2.24) is 0 Å². The molecule has 0 aliphatic carbocycles. The van der Waals surface area contributed by atoms with Crippen LogP contribution in [0.5, 0.6) is 0 Å². The van der Waals surface area contributed by atoms with Gasteiger partial charge in [-0.05, 0) is 69.1 Å². The molecule has 0 aliphatic heterocycles. The van der Waals surface area contributed by atoms with Crippen LogP contribution in [0.3, 0.4) is 0 Å². The highest BCUT2D eigenvalue weighted by atomic mass is 31.2. The molecule has 3 N–H and O–H groups in total. The number of aliphatic hydroxyl groups excluding tert-OH is 1. The van der Waals surface area contributed by atoms with Crippen LogP contribution in [0.15, 0.2) is 24.3 Å². The SMILES string of the molecule is CCCCCC/C=C\C=C/CCCCCCCC(=O)OC[C@H](COP(=O)(O)OCC(O)COP(=O)(O)OC[C@@H](COC(=O)CCCCCCCCCC(C)C)OC(=O)CCCCCCCCCCCC(C)C)OC(=O)CCCCCCCCCCCCCCCCCCCCC(C)C. The Balaban J connectivity index is 5.25. The lowest BCUT2D eigenvalue weighted by atomic mass is 10.0. The minimum Gasteiger partial charge on any atom is -0.462 e. The molecule has 0 saturated heterocycles. The zero-order valence-electron chi connectivity index (χ0n) is 63.7. The molecule has 0 aromatic heterocycles. The lowest BCUT2D eigenvalue weighted by Crippen LogP contribution is -2.30. The number of phosphoric acid groups is 2. The number of carbonyl (C=O) groups excluding carboxylic acids is 4. The Hall–Kier alpha value is -2.46. The summed E-state index contributed by atoms with van der Waals surface area (Å²) < 4.78 is 68.5. The molecule has 19 heteroatoms. The summed E-state index contributed by atoms with van der Waals surface area (Å²) in [6.45, 7) is 11.8. The number of phosphoric ester groups is 2. The average Bonchev–Trinajstić information content (AvgIpc) is 0.932. The van der Waals surface area contributed by atoms with Crippen LogP contribution in [0.2, 0.25) is 0 Å². The van der Waals surface area contributed by atoms with E-state index >= 15 is 0 Å². The van der Waals surface area contributed by atoms with Gasteiger partial charge >= 0.3 is 39.5 Å². The molecule has 0 bridgehead atoms. The Morgan fingerprint density at radius 3 is 0.827 bits per heavy atom. The van der Waals surface area contributed by atoms with Crippen molar-refractivity contribution in [2.24, 2.45) is 17.8 Å². The summed E-state index contributed by atoms with van der Waals surface area (Å²) in [6.07, 6.45) is 59.3. The van der Waals surface area contributed by atoms with Crippen LogP contribution >= 0.6 is 15.6 Å². The van der Waals surface area contributed by atoms with Gasteiger partial charge in [0.2, 0.25) is 0 Å². The summed E-state index contributed by atoms with van der Waals surface area (Å²) >= 11 is 0. The van der Waals surface area contributed by atoms with E-state index in [0.717, 1.165) is 127 Å². The van der Waals surface area contributed by atoms with Crippen LogP contribution in [-0.4, -0.2) is 96.7 Å². The lowest BCUT2D eigenvalue weighted by molar-refractivity contribution is -0.161. The van der Waals surface area contributed by atoms with Crippen LogP contribution in [0, 0.1) is 17.8 Å². The summed E-state index contributed by atoms with van der Waals surface area (Å²) in [6, 6.07) is 0. The fourth-order valence-electron chi connectivity index (χ4n) is 11.6. The van der Waals surface area contributed by atoms with Crippen molar-refractivity contribution >= 4 is 39.5 Å². The minimum atomic E-state index is -4.97. The van der Waals surface area contributed by atoms with Gasteiger partial charge in [0.05, 0.1) is 26.4 Å². The van der Waals surface area contributed by atoms with Crippen molar-refractivity contribution in [3.63, 3.8) is 0 Å². The molecule has 0 aliphatic rings. The molecule has 0 aromatic carbocycles. The third kappa shape index (κ3) is 71.9. The Morgan fingerprint density at radius 2 is 0.551 bits per heavy atom. The molecule has 5 atom stereocenters. The Morgan fingerprint density at radius 1 is 0.316 bits per heavy atom. The van der Waals surface area contributed by atoms with Crippen molar-refractivity contribution in [2.45, 2.75) is 401 Å². The molecular weight excluding hydrogens is 1280 g/mol. The van der Waals surface area contributed by atoms with Gasteiger partial charge in [0.15, 0.2) is 12.2 Å². The van der Waals surface area contributed by atoms with Gasteiger partial charge in [-0.3, -0.25) is 37.3 Å². The van der Waals surface area contributed by atoms with E-state index in [-0.39, 0.29) is 25.7 Å². The second kappa shape index (κ2) is 68.9. The Kier molecular flexibility index (Phi) is 67.2. The molecule has 0 spiro atoms. The largest absolute Gasteiger partial charge is 0.472 e. The summed E-state index contributed by atoms with van der Waals surface area (Å²) in [5.41, 5.74) is 0. The second-order valence-electron chi connectivity index (χ2n) is 29.2. The first-order valence-corrected chi connectivity index (χ1v) is 43.2. The number of ether oxygens (including phenoxy) is 4. The number of rotatable bonds is 75. The maximum absolute atomic E-state index is 13.1. The van der Waals surface area contributed by atoms with Gasteiger partial charge < -0.3 is 33.8 Å². The van der Waals surface area contributed by atoms with E-state index in [1.807, 2.05) is 0 Å². The summed E-state index contributed by atoms with van der Waals surface area (Å²) in [5.74, 6) is 0.110. The first-order valence-electron chi connectivity index (χ1n) is 40.2. The number of unbranched alkanes of at least 4 members (excludes halogenated alkanes) is 40. The molecule has 98 heavy (non-hydrogen) atoms. The highest BCUT2D eigenvalue weighted by molar-refractivity contribution is 7.47. The topological polar surface area (TPSA) is 237 Å². The molecule has 0 amide bonds. The normalized spacial score (nSPS) is 14.2. The highest BCUT2D eigenvalue weighted by Crippen LogP contribution is 2.45. The Bertz CT molecular complexity index is 2000. The third-order valence-electron chi connectivity index (χ3n) is 17.8. The summed E-state index contributed by atoms with van der Waals surface area (Å²) in [7, 11) is -9.93. The van der Waals surface area contributed by atoms with Crippen LogP contribution in [-0.2, 0) is 65.4 Å². The van der Waals surface area contributed by atoms with Crippen molar-refractivity contribution < 1.29 is 80.2 Å². The van der Waals surface area contributed by atoms with Gasteiger partial charge in [-0.15, -0.1) is 0 Å². The zero-order valence-corrected chi connectivity index (χ0v) is 65.5. The molecule has 0 rings (SSSR count). The number of hydrogen-bond acceptors (Lipinski definition) is 15. The number of aliphatic hydroxyl groups is 1. The van der Waals surface area contributed by atoms with Gasteiger partial charge in [-0.2, -0.15) is 0 Å². The second-order valence-corrected chi connectivity index (χ2v) is 32.1. The van der Waals surface area contributed by atoms with E-state index in [9.17, 15) is 43.2 Å². The predicted molar refractivity (Wildman–Crippen MR) is 400 cm³/mol. The van der Waals surface area contributed by atoms with Crippen LogP contribution in [0.1, 0.15) is 382 Å². The number of esters is 4. The molecule has 0 heterocycles. The Labute approximate surface area is 599 Å². The maximum atomic E-state index is 13.1. The molecule has 17 nitrogen and oxygen atoms in total. The van der Waals surface area contributed by atoms with Crippen molar-refractivity contribution in [2.75, 3.05) is 39.6 Å². The number of carbonyl (C=O) groups is 4. The standard InChI is InChI=1S/C79H150O17P2/c1-8-9-10-11-12-13-14-15-20-24-27-32-39-46-53-60-76(81)89-66-74(95-78(83)62-55-48-40-33-28-25-22-19-17-16-18-21-23-26-30-36-43-50-57-70(2)3)68-93-97(85,86)91-64-73(80)65-92-98(87,88)94-69-75(67-90-77(82)61-54-47-42-35-38-45-52-59-72(6)7)96-79(84)63-56-49-41-34-29-31-37-44-51-58-71(4)5/h13-15,20,70-75,80H,8-12,16-19,21-69H2,1-7H3,(H,85,86)(H,87,88)/b14-13-,20-15-/t73?,74-,75-/m1/s1. The van der Waals surface area contributed by atoms with E-state index < -0.39 is 97.5 Å². The van der Waals surface area contributed by atoms with Gasteiger partial charge in [0, 0.05) is 25.7 Å². The van der Waals surface area contributed by atoms with Crippen molar-refractivity contribution in [1.29, 1.82) is 0 Å². The van der Waals surface area contributed by atoms with Crippen LogP contribution in [0.25, 0.3) is 0 Å².